The van der Waals surface area contributed by atoms with Crippen LogP contribution in [0.3, 0.4) is 0 Å². The summed E-state index contributed by atoms with van der Waals surface area (Å²) >= 11 is 0. The van der Waals surface area contributed by atoms with E-state index in [2.05, 4.69) is 20.9 Å². The van der Waals surface area contributed by atoms with Crippen LogP contribution in [0.5, 0.6) is 11.5 Å². The van der Waals surface area contributed by atoms with E-state index in [0.717, 1.165) is 4.68 Å². The summed E-state index contributed by atoms with van der Waals surface area (Å²) < 4.78 is 6.13. The molecule has 2 amide bonds. The molecule has 0 fully saturated rings. The Morgan fingerprint density at radius 2 is 1.84 bits per heavy atom. The number of ether oxygens (including phenoxy) is 1. The molecule has 4 rings (SSSR count). The Morgan fingerprint density at radius 1 is 1.09 bits per heavy atom. The predicted octanol–water partition coefficient (Wildman–Crippen LogP) is 3.06. The summed E-state index contributed by atoms with van der Waals surface area (Å²) in [5.74, 6) is 0.559. The Morgan fingerprint density at radius 3 is 2.62 bits per heavy atom. The standard InChI is InChI=1S/C23H19N5O4/c1-32-20-13-15(11-12-19(20)29)14-24-26-23(31)27-28-21(16-7-3-2-4-8-16)25-18-10-6-5-9-17(18)22(28)30/h2-14,29H,1H3,(H2,26,27,31)/b24-14+. The molecule has 1 heterocycles. The third-order valence-electron chi connectivity index (χ3n) is 4.60. The van der Waals surface area contributed by atoms with Crippen LogP contribution in [0.4, 0.5) is 4.79 Å². The lowest BCUT2D eigenvalue weighted by Gasteiger charge is -2.14. The van der Waals surface area contributed by atoms with Gasteiger partial charge < -0.3 is 9.84 Å². The van der Waals surface area contributed by atoms with Gasteiger partial charge in [0.15, 0.2) is 17.3 Å². The van der Waals surface area contributed by atoms with Crippen LogP contribution in [0.25, 0.3) is 22.3 Å². The molecule has 3 aromatic carbocycles. The van der Waals surface area contributed by atoms with Crippen LogP contribution >= 0.6 is 0 Å². The normalized spacial score (nSPS) is 10.9. The summed E-state index contributed by atoms with van der Waals surface area (Å²) in [7, 11) is 1.43. The van der Waals surface area contributed by atoms with Gasteiger partial charge in [0.25, 0.3) is 5.56 Å². The number of hydrazone groups is 1. The van der Waals surface area contributed by atoms with Gasteiger partial charge in [-0.2, -0.15) is 9.78 Å². The van der Waals surface area contributed by atoms with Crippen LogP contribution in [-0.2, 0) is 0 Å². The Labute approximate surface area is 182 Å². The van der Waals surface area contributed by atoms with Crippen molar-refractivity contribution in [3.63, 3.8) is 0 Å². The maximum Gasteiger partial charge on any atom is 0.354 e. The average Bonchev–Trinajstić information content (AvgIpc) is 2.82. The van der Waals surface area contributed by atoms with E-state index >= 15 is 0 Å². The fraction of sp³-hybridized carbons (Fsp3) is 0.0435. The van der Waals surface area contributed by atoms with E-state index in [9.17, 15) is 14.7 Å². The van der Waals surface area contributed by atoms with Gasteiger partial charge in [-0.3, -0.25) is 4.79 Å². The number of nitrogens with one attached hydrogen (secondary N) is 2. The van der Waals surface area contributed by atoms with Crippen molar-refractivity contribution >= 4 is 23.1 Å². The SMILES string of the molecule is COc1cc(/C=N/NC(=O)Nn2c(-c3ccccc3)nc3ccccc3c2=O)ccc1O. The minimum atomic E-state index is -0.733. The third kappa shape index (κ3) is 4.26. The largest absolute Gasteiger partial charge is 0.504 e. The molecule has 9 nitrogen and oxygen atoms in total. The first kappa shape index (κ1) is 20.6. The van der Waals surface area contributed by atoms with Gasteiger partial charge in [0.2, 0.25) is 0 Å². The van der Waals surface area contributed by atoms with E-state index in [0.29, 0.717) is 22.0 Å². The molecule has 3 N–H and O–H groups in total. The number of urea groups is 1. The summed E-state index contributed by atoms with van der Waals surface area (Å²) in [6, 6.07) is 19.9. The van der Waals surface area contributed by atoms with Gasteiger partial charge in [0, 0.05) is 5.56 Å². The second-order valence-electron chi connectivity index (χ2n) is 6.70. The number of fused-ring (bicyclic) bond motifs is 1. The summed E-state index contributed by atoms with van der Waals surface area (Å²) in [6.45, 7) is 0. The van der Waals surface area contributed by atoms with E-state index in [1.807, 2.05) is 18.2 Å². The molecule has 0 saturated heterocycles. The number of hydrogen-bond acceptors (Lipinski definition) is 6. The summed E-state index contributed by atoms with van der Waals surface area (Å²) in [4.78, 5) is 30.1. The quantitative estimate of drug-likeness (QED) is 0.333. The zero-order valence-electron chi connectivity index (χ0n) is 17.0. The van der Waals surface area contributed by atoms with Crippen LogP contribution in [0.2, 0.25) is 0 Å². The number of phenolic OH excluding ortho intramolecular Hbond substituents is 1. The van der Waals surface area contributed by atoms with Crippen molar-refractivity contribution < 1.29 is 14.6 Å². The van der Waals surface area contributed by atoms with Crippen molar-refractivity contribution in [2.75, 3.05) is 12.5 Å². The van der Waals surface area contributed by atoms with Gasteiger partial charge in [-0.15, -0.1) is 0 Å². The summed E-state index contributed by atoms with van der Waals surface area (Å²) in [6.07, 6.45) is 1.38. The van der Waals surface area contributed by atoms with Gasteiger partial charge >= 0.3 is 6.03 Å². The van der Waals surface area contributed by atoms with Gasteiger partial charge in [-0.1, -0.05) is 42.5 Å². The molecule has 1 aromatic heterocycles. The number of phenols is 1. The first-order valence-corrected chi connectivity index (χ1v) is 9.61. The number of para-hydroxylation sites is 1. The molecule has 0 unspecified atom stereocenters. The number of aromatic hydroxyl groups is 1. The number of hydrogen-bond donors (Lipinski definition) is 3. The Bertz CT molecular complexity index is 1370. The third-order valence-corrected chi connectivity index (χ3v) is 4.60. The number of carbonyl (C=O) groups excluding carboxylic acids is 1. The molecule has 0 aliphatic rings. The lowest BCUT2D eigenvalue weighted by atomic mass is 10.2. The molecule has 0 aliphatic heterocycles. The number of rotatable bonds is 5. The fourth-order valence-electron chi connectivity index (χ4n) is 3.08. The van der Waals surface area contributed by atoms with E-state index in [-0.39, 0.29) is 17.3 Å². The topological polar surface area (TPSA) is 118 Å². The molecular weight excluding hydrogens is 410 g/mol. The monoisotopic (exact) mass is 429 g/mol. The van der Waals surface area contributed by atoms with E-state index < -0.39 is 11.6 Å². The van der Waals surface area contributed by atoms with Gasteiger partial charge in [0.05, 0.1) is 24.2 Å². The molecule has 0 bridgehead atoms. The molecular formula is C23H19N5O4. The molecule has 0 saturated carbocycles. The maximum absolute atomic E-state index is 13.1. The zero-order chi connectivity index (χ0) is 22.5. The predicted molar refractivity (Wildman–Crippen MR) is 122 cm³/mol. The van der Waals surface area contributed by atoms with E-state index in [4.69, 9.17) is 4.74 Å². The van der Waals surface area contributed by atoms with Gasteiger partial charge in [-0.25, -0.2) is 20.6 Å². The van der Waals surface area contributed by atoms with Crippen molar-refractivity contribution in [3.8, 4) is 22.9 Å². The minimum Gasteiger partial charge on any atom is -0.504 e. The highest BCUT2D eigenvalue weighted by Crippen LogP contribution is 2.25. The van der Waals surface area contributed by atoms with Crippen molar-refractivity contribution in [2.24, 2.45) is 5.10 Å². The minimum absolute atomic E-state index is 0.00743. The molecule has 0 atom stereocenters. The van der Waals surface area contributed by atoms with Gasteiger partial charge in [-0.05, 0) is 35.9 Å². The molecule has 32 heavy (non-hydrogen) atoms. The maximum atomic E-state index is 13.1. The van der Waals surface area contributed by atoms with Crippen molar-refractivity contribution in [1.29, 1.82) is 0 Å². The molecule has 4 aromatic rings. The summed E-state index contributed by atoms with van der Waals surface area (Å²) in [5.41, 5.74) is 6.17. The number of benzene rings is 3. The fourth-order valence-corrected chi connectivity index (χ4v) is 3.08. The molecule has 9 heteroatoms. The lowest BCUT2D eigenvalue weighted by Crippen LogP contribution is -2.39. The highest BCUT2D eigenvalue weighted by Gasteiger charge is 2.14. The van der Waals surface area contributed by atoms with E-state index in [1.54, 1.807) is 48.5 Å². The number of amides is 2. The van der Waals surface area contributed by atoms with Crippen LogP contribution in [0, 0.1) is 0 Å². The average molecular weight is 429 g/mol. The number of aromatic nitrogens is 2. The van der Waals surface area contributed by atoms with Gasteiger partial charge in [0.1, 0.15) is 0 Å². The van der Waals surface area contributed by atoms with Crippen molar-refractivity contribution in [2.45, 2.75) is 0 Å². The molecule has 160 valence electrons. The number of nitrogens with zero attached hydrogens (tertiary/aromatic N) is 3. The van der Waals surface area contributed by atoms with E-state index in [1.165, 1.54) is 19.4 Å². The Hall–Kier alpha value is -4.66. The lowest BCUT2D eigenvalue weighted by molar-refractivity contribution is 0.250. The molecule has 0 radical (unpaired) electrons. The molecule has 0 aliphatic carbocycles. The zero-order valence-corrected chi connectivity index (χ0v) is 17.0. The number of methoxy groups -OCH3 is 1. The first-order chi connectivity index (χ1) is 15.6. The Balaban J connectivity index is 1.61. The van der Waals surface area contributed by atoms with Crippen molar-refractivity contribution in [1.82, 2.24) is 15.1 Å². The first-order valence-electron chi connectivity index (χ1n) is 9.61. The molecule has 0 spiro atoms. The van der Waals surface area contributed by atoms with Crippen LogP contribution < -0.4 is 21.1 Å². The second-order valence-corrected chi connectivity index (χ2v) is 6.70. The van der Waals surface area contributed by atoms with Crippen LogP contribution in [-0.4, -0.2) is 34.1 Å². The second kappa shape index (κ2) is 9.00. The Kier molecular flexibility index (Phi) is 5.80. The van der Waals surface area contributed by atoms with Crippen LogP contribution in [0.15, 0.2) is 82.7 Å². The van der Waals surface area contributed by atoms with Crippen molar-refractivity contribution in [3.05, 3.63) is 88.7 Å². The summed E-state index contributed by atoms with van der Waals surface area (Å²) in [5, 5.41) is 13.9. The van der Waals surface area contributed by atoms with Crippen LogP contribution in [0.1, 0.15) is 5.56 Å². The number of carbonyl (C=O) groups is 1. The highest BCUT2D eigenvalue weighted by atomic mass is 16.5. The highest BCUT2D eigenvalue weighted by molar-refractivity contribution is 5.87. The smallest absolute Gasteiger partial charge is 0.354 e.